The molecule has 1 amide bonds. The normalized spacial score (nSPS) is 23.4. The fourth-order valence-electron chi connectivity index (χ4n) is 4.28. The second kappa shape index (κ2) is 6.93. The molecule has 1 saturated heterocycles. The summed E-state index contributed by atoms with van der Waals surface area (Å²) >= 11 is 0. The Balaban J connectivity index is 1.65. The first-order chi connectivity index (χ1) is 11.9. The van der Waals surface area contributed by atoms with Crippen molar-refractivity contribution in [3.63, 3.8) is 0 Å². The number of carbonyl (C=O) groups is 2. The number of rotatable bonds is 5. The Morgan fingerprint density at radius 1 is 1.32 bits per heavy atom. The predicted molar refractivity (Wildman–Crippen MR) is 90.1 cm³/mol. The molecule has 1 aromatic rings. The van der Waals surface area contributed by atoms with Gasteiger partial charge in [-0.25, -0.2) is 0 Å². The minimum absolute atomic E-state index is 0.00113. The van der Waals surface area contributed by atoms with Crippen LogP contribution in [0.4, 0.5) is 5.69 Å². The highest BCUT2D eigenvalue weighted by atomic mass is 16.6. The SMILES string of the molecule is Cc1nn(CCC(=O)N2CCC[C@H]2[C@H]2CCCC2=O)c(C)c1[N+](=O)[O-]. The second-order valence-electron chi connectivity index (χ2n) is 7.01. The maximum absolute atomic E-state index is 12.7. The van der Waals surface area contributed by atoms with Crippen LogP contribution in [0.2, 0.25) is 0 Å². The molecule has 2 atom stereocenters. The van der Waals surface area contributed by atoms with Crippen LogP contribution in [0.25, 0.3) is 0 Å². The van der Waals surface area contributed by atoms with Crippen LogP contribution in [0.1, 0.15) is 49.9 Å². The van der Waals surface area contributed by atoms with Crippen LogP contribution in [0.3, 0.4) is 0 Å². The lowest BCUT2D eigenvalue weighted by molar-refractivity contribution is -0.386. The van der Waals surface area contributed by atoms with E-state index in [1.54, 1.807) is 13.8 Å². The molecule has 2 fully saturated rings. The van der Waals surface area contributed by atoms with Gasteiger partial charge in [0.05, 0.1) is 11.5 Å². The summed E-state index contributed by atoms with van der Waals surface area (Å²) in [6.45, 7) is 4.27. The van der Waals surface area contributed by atoms with Gasteiger partial charge in [0.25, 0.3) is 0 Å². The lowest BCUT2D eigenvalue weighted by Gasteiger charge is -2.28. The van der Waals surface area contributed by atoms with Crippen molar-refractivity contribution >= 4 is 17.4 Å². The van der Waals surface area contributed by atoms with Crippen molar-refractivity contribution in [1.82, 2.24) is 14.7 Å². The van der Waals surface area contributed by atoms with Gasteiger partial charge in [0.15, 0.2) is 0 Å². The number of amides is 1. The van der Waals surface area contributed by atoms with E-state index in [1.165, 1.54) is 4.68 Å². The number of ketones is 1. The number of aryl methyl sites for hydroxylation is 2. The molecule has 25 heavy (non-hydrogen) atoms. The summed E-state index contributed by atoms with van der Waals surface area (Å²) in [6.07, 6.45) is 4.53. The van der Waals surface area contributed by atoms with E-state index in [1.807, 2.05) is 4.90 Å². The third kappa shape index (κ3) is 3.29. The summed E-state index contributed by atoms with van der Waals surface area (Å²) in [7, 11) is 0. The van der Waals surface area contributed by atoms with Crippen molar-refractivity contribution in [2.45, 2.75) is 65.0 Å². The molecular weight excluding hydrogens is 324 g/mol. The van der Waals surface area contributed by atoms with Crippen LogP contribution in [0.5, 0.6) is 0 Å². The number of hydrogen-bond acceptors (Lipinski definition) is 5. The Morgan fingerprint density at radius 2 is 2.08 bits per heavy atom. The summed E-state index contributed by atoms with van der Waals surface area (Å²) in [5, 5.41) is 15.3. The average molecular weight is 348 g/mol. The standard InChI is InChI=1S/C17H24N4O4/c1-11-17(21(24)25)12(2)20(18-11)10-8-16(23)19-9-4-6-14(19)13-5-3-7-15(13)22/h13-14H,3-10H2,1-2H3/t13-,14+/m1/s1. The van der Waals surface area contributed by atoms with E-state index in [-0.39, 0.29) is 30.0 Å². The molecule has 8 nitrogen and oxygen atoms in total. The van der Waals surface area contributed by atoms with Crippen molar-refractivity contribution in [3.8, 4) is 0 Å². The molecule has 0 spiro atoms. The summed E-state index contributed by atoms with van der Waals surface area (Å²) in [5.74, 6) is 0.303. The molecule has 1 saturated carbocycles. The Hall–Kier alpha value is -2.25. The molecule has 2 aliphatic rings. The molecule has 136 valence electrons. The average Bonchev–Trinajstić information content (AvgIpc) is 3.24. The van der Waals surface area contributed by atoms with E-state index in [2.05, 4.69) is 5.10 Å². The van der Waals surface area contributed by atoms with E-state index in [9.17, 15) is 19.7 Å². The molecule has 0 radical (unpaired) electrons. The largest absolute Gasteiger partial charge is 0.339 e. The fourth-order valence-corrected chi connectivity index (χ4v) is 4.28. The zero-order chi connectivity index (χ0) is 18.1. The first-order valence-electron chi connectivity index (χ1n) is 8.90. The molecular formula is C17H24N4O4. The highest BCUT2D eigenvalue weighted by Crippen LogP contribution is 2.33. The van der Waals surface area contributed by atoms with Crippen molar-refractivity contribution < 1.29 is 14.5 Å². The van der Waals surface area contributed by atoms with Crippen LogP contribution < -0.4 is 0 Å². The van der Waals surface area contributed by atoms with E-state index in [4.69, 9.17) is 0 Å². The number of Topliss-reactive ketones (excluding diaryl/α,β-unsaturated/α-hetero) is 1. The van der Waals surface area contributed by atoms with Gasteiger partial charge in [-0.3, -0.25) is 24.4 Å². The second-order valence-corrected chi connectivity index (χ2v) is 7.01. The van der Waals surface area contributed by atoms with Gasteiger partial charge < -0.3 is 4.90 Å². The predicted octanol–water partition coefficient (Wildman–Crippen LogP) is 2.16. The minimum Gasteiger partial charge on any atom is -0.339 e. The number of carbonyl (C=O) groups excluding carboxylic acids is 2. The molecule has 1 aliphatic heterocycles. The Morgan fingerprint density at radius 3 is 2.68 bits per heavy atom. The maximum Gasteiger partial charge on any atom is 0.312 e. The van der Waals surface area contributed by atoms with E-state index >= 15 is 0 Å². The first kappa shape index (κ1) is 17.6. The maximum atomic E-state index is 12.7. The van der Waals surface area contributed by atoms with Crippen LogP contribution >= 0.6 is 0 Å². The fraction of sp³-hybridized carbons (Fsp3) is 0.706. The highest BCUT2D eigenvalue weighted by Gasteiger charge is 2.39. The van der Waals surface area contributed by atoms with Crippen LogP contribution in [-0.4, -0.2) is 43.9 Å². The molecule has 0 aromatic carbocycles. The zero-order valence-corrected chi connectivity index (χ0v) is 14.7. The summed E-state index contributed by atoms with van der Waals surface area (Å²) in [6, 6.07) is 0.0392. The Bertz CT molecular complexity index is 712. The molecule has 0 bridgehead atoms. The number of aromatic nitrogens is 2. The van der Waals surface area contributed by atoms with Gasteiger partial charge in [0, 0.05) is 31.3 Å². The lowest BCUT2D eigenvalue weighted by Crippen LogP contribution is -2.41. The topological polar surface area (TPSA) is 98.3 Å². The quantitative estimate of drug-likeness (QED) is 0.600. The van der Waals surface area contributed by atoms with Gasteiger partial charge in [-0.05, 0) is 39.5 Å². The summed E-state index contributed by atoms with van der Waals surface area (Å²) in [5.41, 5.74) is 0.854. The van der Waals surface area contributed by atoms with Crippen LogP contribution in [-0.2, 0) is 16.1 Å². The van der Waals surface area contributed by atoms with Gasteiger partial charge in [-0.2, -0.15) is 5.10 Å². The first-order valence-corrected chi connectivity index (χ1v) is 8.90. The van der Waals surface area contributed by atoms with E-state index in [0.29, 0.717) is 36.7 Å². The molecule has 1 aliphatic carbocycles. The Labute approximate surface area is 146 Å². The van der Waals surface area contributed by atoms with E-state index in [0.717, 1.165) is 25.7 Å². The number of likely N-dealkylation sites (tertiary alicyclic amines) is 1. The monoisotopic (exact) mass is 348 g/mol. The molecule has 2 heterocycles. The minimum atomic E-state index is -0.432. The highest BCUT2D eigenvalue weighted by molar-refractivity contribution is 5.85. The van der Waals surface area contributed by atoms with Gasteiger partial charge in [-0.15, -0.1) is 0 Å². The summed E-state index contributed by atoms with van der Waals surface area (Å²) in [4.78, 5) is 37.2. The third-order valence-corrected chi connectivity index (χ3v) is 5.50. The summed E-state index contributed by atoms with van der Waals surface area (Å²) < 4.78 is 1.54. The molecule has 1 aromatic heterocycles. The Kier molecular flexibility index (Phi) is 4.87. The van der Waals surface area contributed by atoms with E-state index < -0.39 is 4.92 Å². The van der Waals surface area contributed by atoms with Gasteiger partial charge >= 0.3 is 5.69 Å². The van der Waals surface area contributed by atoms with Crippen molar-refractivity contribution in [2.24, 2.45) is 5.92 Å². The van der Waals surface area contributed by atoms with Crippen LogP contribution in [0, 0.1) is 29.9 Å². The molecule has 8 heteroatoms. The zero-order valence-electron chi connectivity index (χ0n) is 14.7. The third-order valence-electron chi connectivity index (χ3n) is 5.50. The lowest BCUT2D eigenvalue weighted by atomic mass is 9.95. The number of nitro groups is 1. The van der Waals surface area contributed by atoms with Crippen molar-refractivity contribution in [3.05, 3.63) is 21.5 Å². The number of nitrogens with zero attached hydrogens (tertiary/aromatic N) is 4. The van der Waals surface area contributed by atoms with Crippen molar-refractivity contribution in [2.75, 3.05) is 6.54 Å². The number of hydrogen-bond donors (Lipinski definition) is 0. The molecule has 3 rings (SSSR count). The van der Waals surface area contributed by atoms with Crippen molar-refractivity contribution in [1.29, 1.82) is 0 Å². The molecule has 0 N–H and O–H groups in total. The van der Waals surface area contributed by atoms with Gasteiger partial charge in [0.1, 0.15) is 17.2 Å². The van der Waals surface area contributed by atoms with Gasteiger partial charge in [-0.1, -0.05) is 0 Å². The van der Waals surface area contributed by atoms with Gasteiger partial charge in [0.2, 0.25) is 5.91 Å². The van der Waals surface area contributed by atoms with Crippen LogP contribution in [0.15, 0.2) is 0 Å². The molecule has 0 unspecified atom stereocenters. The smallest absolute Gasteiger partial charge is 0.312 e.